The van der Waals surface area contributed by atoms with Crippen LogP contribution in [0, 0.1) is 17.6 Å². The van der Waals surface area contributed by atoms with E-state index in [-0.39, 0.29) is 28.8 Å². The molecule has 0 aliphatic carbocycles. The van der Waals surface area contributed by atoms with E-state index >= 15 is 0 Å². The number of nitrogens with zero attached hydrogens (tertiary/aromatic N) is 5. The van der Waals surface area contributed by atoms with Crippen molar-refractivity contribution in [2.24, 2.45) is 11.7 Å². The van der Waals surface area contributed by atoms with Crippen LogP contribution in [0.15, 0.2) is 47.3 Å². The molecule has 0 unspecified atom stereocenters. The highest BCUT2D eigenvalue weighted by Gasteiger charge is 2.31. The number of benzene rings is 2. The largest absolute Gasteiger partial charge is 0.367 e. The molecule has 1 amide bonds. The minimum atomic E-state index is -0.985. The maximum atomic E-state index is 14.4. The molecule has 9 nitrogen and oxygen atoms in total. The van der Waals surface area contributed by atoms with E-state index in [9.17, 15) is 18.4 Å². The number of rotatable bonds is 5. The summed E-state index contributed by atoms with van der Waals surface area (Å²) in [6.45, 7) is 7.22. The normalized spacial score (nSPS) is 17.5. The Morgan fingerprint density at radius 3 is 2.42 bits per heavy atom. The molecule has 0 spiro atoms. The average Bonchev–Trinajstić information content (AvgIpc) is 3.38. The molecule has 1 saturated heterocycles. The van der Waals surface area contributed by atoms with Gasteiger partial charge in [-0.25, -0.2) is 8.78 Å². The van der Waals surface area contributed by atoms with Gasteiger partial charge in [-0.2, -0.15) is 14.9 Å². The molecule has 0 bridgehead atoms. The van der Waals surface area contributed by atoms with E-state index in [4.69, 9.17) is 17.3 Å². The molecule has 4 aromatic rings. The molecule has 198 valence electrons. The number of amides is 1. The summed E-state index contributed by atoms with van der Waals surface area (Å²) in [5.74, 6) is -2.45. The molecule has 1 aliphatic heterocycles. The van der Waals surface area contributed by atoms with Crippen LogP contribution >= 0.6 is 11.6 Å². The number of aromatic nitrogens is 4. The second-order valence-electron chi connectivity index (χ2n) is 9.72. The third kappa shape index (κ3) is 4.41. The molecule has 3 heterocycles. The fourth-order valence-electron chi connectivity index (χ4n) is 4.74. The lowest BCUT2D eigenvalue weighted by atomic mass is 10.1. The van der Waals surface area contributed by atoms with Crippen molar-refractivity contribution < 1.29 is 13.6 Å². The third-order valence-corrected chi connectivity index (χ3v) is 6.98. The van der Waals surface area contributed by atoms with Crippen molar-refractivity contribution in [1.29, 1.82) is 0 Å². The van der Waals surface area contributed by atoms with Gasteiger partial charge in [-0.15, -0.1) is 0 Å². The molecule has 2 atom stereocenters. The molecule has 0 radical (unpaired) electrons. The Hall–Kier alpha value is -3.83. The van der Waals surface area contributed by atoms with Crippen LogP contribution in [0.2, 0.25) is 5.15 Å². The number of hydrogen-bond donors (Lipinski definition) is 2. The number of para-hydroxylation sites is 1. The van der Waals surface area contributed by atoms with Crippen LogP contribution in [0.25, 0.3) is 16.6 Å². The van der Waals surface area contributed by atoms with Gasteiger partial charge in [0.15, 0.2) is 16.8 Å². The first kappa shape index (κ1) is 25.8. The molecule has 5 rings (SSSR count). The van der Waals surface area contributed by atoms with Gasteiger partial charge in [-0.3, -0.25) is 14.3 Å². The van der Waals surface area contributed by atoms with Crippen LogP contribution in [0.3, 0.4) is 0 Å². The first-order valence-electron chi connectivity index (χ1n) is 12.1. The maximum Gasteiger partial charge on any atom is 0.276 e. The van der Waals surface area contributed by atoms with Crippen LogP contribution in [-0.4, -0.2) is 44.6 Å². The summed E-state index contributed by atoms with van der Waals surface area (Å²) in [4.78, 5) is 27.8. The molecule has 1 fully saturated rings. The van der Waals surface area contributed by atoms with Gasteiger partial charge >= 0.3 is 0 Å². The summed E-state index contributed by atoms with van der Waals surface area (Å²) < 4.78 is 31.1. The van der Waals surface area contributed by atoms with Gasteiger partial charge in [0.05, 0.1) is 22.3 Å². The van der Waals surface area contributed by atoms with Crippen molar-refractivity contribution in [3.8, 4) is 5.69 Å². The Labute approximate surface area is 221 Å². The van der Waals surface area contributed by atoms with E-state index in [0.717, 1.165) is 23.7 Å². The lowest BCUT2D eigenvalue weighted by molar-refractivity contribution is 0.102. The zero-order valence-corrected chi connectivity index (χ0v) is 21.7. The summed E-state index contributed by atoms with van der Waals surface area (Å²) in [6, 6.07) is 8.93. The summed E-state index contributed by atoms with van der Waals surface area (Å²) in [7, 11) is 0. The van der Waals surface area contributed by atoms with E-state index in [1.54, 1.807) is 6.07 Å². The SMILES string of the molecule is CC(C)n1nc(Cl)c2c(N3C[C@@H](C)[C@@H](N)C3)c(NC(=O)c3ccc(=O)n(-c4c(F)cccc4F)n3)ccc21. The fourth-order valence-corrected chi connectivity index (χ4v) is 5.01. The van der Waals surface area contributed by atoms with Crippen molar-refractivity contribution in [3.63, 3.8) is 0 Å². The van der Waals surface area contributed by atoms with E-state index < -0.39 is 28.8 Å². The molecule has 2 aromatic heterocycles. The smallest absolute Gasteiger partial charge is 0.276 e. The van der Waals surface area contributed by atoms with Crippen molar-refractivity contribution in [2.45, 2.75) is 32.9 Å². The number of fused-ring (bicyclic) bond motifs is 1. The van der Waals surface area contributed by atoms with E-state index in [2.05, 4.69) is 27.3 Å². The van der Waals surface area contributed by atoms with Crippen LogP contribution in [-0.2, 0) is 0 Å². The summed E-state index contributed by atoms with van der Waals surface area (Å²) >= 11 is 6.62. The quantitative estimate of drug-likeness (QED) is 0.393. The average molecular weight is 542 g/mol. The standard InChI is InChI=1S/C26H26ClF2N7O2/c1-13(2)35-20-9-7-18(24(22(20)25(27)33-35)34-11-14(3)17(30)12-34)31-26(38)19-8-10-21(37)36(32-19)23-15(28)5-4-6-16(23)29/h4-10,13-14,17H,11-12,30H2,1-3H3,(H,31,38)/t14-,17+/m1/s1. The van der Waals surface area contributed by atoms with Gasteiger partial charge in [0, 0.05) is 31.2 Å². The minimum Gasteiger partial charge on any atom is -0.367 e. The lowest BCUT2D eigenvalue weighted by Gasteiger charge is -2.23. The predicted molar refractivity (Wildman–Crippen MR) is 142 cm³/mol. The number of anilines is 2. The first-order valence-corrected chi connectivity index (χ1v) is 12.5. The first-order chi connectivity index (χ1) is 18.1. The Morgan fingerprint density at radius 1 is 1.08 bits per heavy atom. The van der Waals surface area contributed by atoms with Crippen molar-refractivity contribution in [2.75, 3.05) is 23.3 Å². The molecule has 38 heavy (non-hydrogen) atoms. The number of hydrogen-bond acceptors (Lipinski definition) is 6. The Kier molecular flexibility index (Phi) is 6.66. The van der Waals surface area contributed by atoms with Gasteiger partial charge < -0.3 is 16.0 Å². The zero-order chi connectivity index (χ0) is 27.3. The second kappa shape index (κ2) is 9.80. The van der Waals surface area contributed by atoms with Crippen LogP contribution in [0.4, 0.5) is 20.2 Å². The van der Waals surface area contributed by atoms with Gasteiger partial charge in [0.25, 0.3) is 11.5 Å². The number of nitrogens with two attached hydrogens (primary N) is 1. The van der Waals surface area contributed by atoms with Gasteiger partial charge in [-0.05, 0) is 50.1 Å². The Balaban J connectivity index is 1.59. The van der Waals surface area contributed by atoms with Crippen molar-refractivity contribution in [3.05, 3.63) is 75.3 Å². The third-order valence-electron chi connectivity index (χ3n) is 6.71. The van der Waals surface area contributed by atoms with Crippen LogP contribution in [0.5, 0.6) is 0 Å². The molecule has 3 N–H and O–H groups in total. The molecule has 0 saturated carbocycles. The highest BCUT2D eigenvalue weighted by molar-refractivity contribution is 6.36. The summed E-state index contributed by atoms with van der Waals surface area (Å²) in [5.41, 5.74) is 6.54. The number of halogens is 3. The highest BCUT2D eigenvalue weighted by atomic mass is 35.5. The molecule has 2 aromatic carbocycles. The summed E-state index contributed by atoms with van der Waals surface area (Å²) in [5, 5.41) is 12.2. The van der Waals surface area contributed by atoms with Gasteiger partial charge in [-0.1, -0.05) is 24.6 Å². The molecule has 12 heteroatoms. The zero-order valence-electron chi connectivity index (χ0n) is 21.0. The van der Waals surface area contributed by atoms with Gasteiger partial charge in [0.2, 0.25) is 0 Å². The number of carbonyl (C=O) groups excluding carboxylic acids is 1. The summed E-state index contributed by atoms with van der Waals surface area (Å²) in [6.07, 6.45) is 0. The predicted octanol–water partition coefficient (Wildman–Crippen LogP) is 4.13. The van der Waals surface area contributed by atoms with Crippen LogP contribution in [0.1, 0.15) is 37.3 Å². The second-order valence-corrected chi connectivity index (χ2v) is 10.1. The Bertz CT molecular complexity index is 1590. The van der Waals surface area contributed by atoms with Gasteiger partial charge in [0.1, 0.15) is 11.4 Å². The van der Waals surface area contributed by atoms with Crippen molar-refractivity contribution in [1.82, 2.24) is 19.6 Å². The van der Waals surface area contributed by atoms with Crippen molar-refractivity contribution >= 4 is 39.8 Å². The topological polar surface area (TPSA) is 111 Å². The molecular formula is C26H26ClF2N7O2. The fraction of sp³-hybridized carbons (Fsp3) is 0.308. The van der Waals surface area contributed by atoms with E-state index in [1.807, 2.05) is 24.6 Å². The van der Waals surface area contributed by atoms with E-state index in [0.29, 0.717) is 34.5 Å². The molecular weight excluding hydrogens is 516 g/mol. The van der Waals surface area contributed by atoms with E-state index in [1.165, 1.54) is 12.1 Å². The monoisotopic (exact) mass is 541 g/mol. The molecule has 1 aliphatic rings. The number of carbonyl (C=O) groups is 1. The lowest BCUT2D eigenvalue weighted by Crippen LogP contribution is -2.29. The number of nitrogens with one attached hydrogen (secondary N) is 1. The minimum absolute atomic E-state index is 0.0436. The Morgan fingerprint density at radius 2 is 1.79 bits per heavy atom. The maximum absolute atomic E-state index is 14.4. The van der Waals surface area contributed by atoms with Crippen LogP contribution < -0.4 is 21.5 Å². The highest BCUT2D eigenvalue weighted by Crippen LogP contribution is 2.41.